The van der Waals surface area contributed by atoms with Gasteiger partial charge in [-0.3, -0.25) is 0 Å². The number of halogens is 3. The Balaban J connectivity index is 2.10. The van der Waals surface area contributed by atoms with Crippen molar-refractivity contribution in [3.63, 3.8) is 0 Å². The third-order valence-electron chi connectivity index (χ3n) is 5.40. The van der Waals surface area contributed by atoms with Crippen LogP contribution in [0.4, 0.5) is 13.2 Å². The highest BCUT2D eigenvalue weighted by Gasteiger charge is 2.45. The second kappa shape index (κ2) is 11.0. The fraction of sp³-hybridized carbons (Fsp3) is 0.542. The summed E-state index contributed by atoms with van der Waals surface area (Å²) in [6.45, 7) is 3.10. The summed E-state index contributed by atoms with van der Waals surface area (Å²) in [5, 5.41) is 10.6. The molecule has 2 aliphatic rings. The van der Waals surface area contributed by atoms with E-state index >= 15 is 0 Å². The van der Waals surface area contributed by atoms with Crippen molar-refractivity contribution in [1.82, 2.24) is 0 Å². The first-order valence-corrected chi connectivity index (χ1v) is 10.9. The van der Waals surface area contributed by atoms with Crippen LogP contribution in [-0.4, -0.2) is 68.5 Å². The summed E-state index contributed by atoms with van der Waals surface area (Å²) in [4.78, 5) is 13.0. The predicted octanol–water partition coefficient (Wildman–Crippen LogP) is 4.01. The van der Waals surface area contributed by atoms with Crippen molar-refractivity contribution < 1.29 is 51.5 Å². The molecule has 1 saturated heterocycles. The summed E-state index contributed by atoms with van der Waals surface area (Å²) < 4.78 is 73.3. The van der Waals surface area contributed by atoms with E-state index in [-0.39, 0.29) is 30.1 Å². The number of carbonyl (C=O) groups excluding carboxylic acids is 1. The van der Waals surface area contributed by atoms with Gasteiger partial charge in [0.15, 0.2) is 12.6 Å². The third kappa shape index (κ3) is 6.75. The Kier molecular flexibility index (Phi) is 8.47. The Bertz CT molecular complexity index is 957. The van der Waals surface area contributed by atoms with Crippen molar-refractivity contribution in [2.45, 2.75) is 63.1 Å². The number of ether oxygens (including phenoxy) is 6. The lowest BCUT2D eigenvalue weighted by molar-refractivity contribution is -0.203. The highest BCUT2D eigenvalue weighted by Crippen LogP contribution is 2.36. The molecule has 1 aromatic carbocycles. The quantitative estimate of drug-likeness (QED) is 0.375. The number of carbonyl (C=O) groups is 1. The lowest BCUT2D eigenvalue weighted by Crippen LogP contribution is -2.35. The zero-order valence-corrected chi connectivity index (χ0v) is 19.8. The molecule has 0 aliphatic carbocycles. The van der Waals surface area contributed by atoms with Gasteiger partial charge in [0.05, 0.1) is 13.2 Å². The van der Waals surface area contributed by atoms with Crippen molar-refractivity contribution in [2.24, 2.45) is 0 Å². The van der Waals surface area contributed by atoms with E-state index in [2.05, 4.69) is 0 Å². The number of benzene rings is 1. The summed E-state index contributed by atoms with van der Waals surface area (Å²) in [6, 6.07) is 2.84. The van der Waals surface area contributed by atoms with E-state index in [1.807, 2.05) is 0 Å². The molecule has 35 heavy (non-hydrogen) atoms. The Morgan fingerprint density at radius 2 is 1.89 bits per heavy atom. The van der Waals surface area contributed by atoms with Crippen LogP contribution in [0.5, 0.6) is 11.5 Å². The molecule has 1 unspecified atom stereocenters. The van der Waals surface area contributed by atoms with Gasteiger partial charge in [-0.05, 0) is 31.9 Å². The molecule has 3 rings (SSSR count). The van der Waals surface area contributed by atoms with Crippen LogP contribution in [0.3, 0.4) is 0 Å². The minimum absolute atomic E-state index is 0.0608. The van der Waals surface area contributed by atoms with Gasteiger partial charge in [-0.15, -0.1) is 0 Å². The van der Waals surface area contributed by atoms with Crippen LogP contribution in [-0.2, 0) is 18.9 Å². The van der Waals surface area contributed by atoms with Crippen LogP contribution >= 0.6 is 0 Å². The number of hydrogen-bond donors (Lipinski definition) is 1. The average Bonchev–Trinajstić information content (AvgIpc) is 3.09. The average molecular weight is 502 g/mol. The maximum atomic E-state index is 13.7. The minimum atomic E-state index is -4.85. The number of esters is 1. The number of cyclic esters (lactones) is 1. The maximum absolute atomic E-state index is 13.7. The highest BCUT2D eigenvalue weighted by atomic mass is 19.4. The summed E-state index contributed by atoms with van der Waals surface area (Å²) in [7, 11) is 2.76. The van der Waals surface area contributed by atoms with Crippen molar-refractivity contribution in [1.29, 1.82) is 0 Å². The van der Waals surface area contributed by atoms with Crippen molar-refractivity contribution in [2.75, 3.05) is 21.0 Å². The fourth-order valence-electron chi connectivity index (χ4n) is 3.87. The molecule has 194 valence electrons. The zero-order chi connectivity index (χ0) is 25.8. The molecule has 0 saturated carbocycles. The van der Waals surface area contributed by atoms with Crippen LogP contribution in [0.25, 0.3) is 6.08 Å². The first-order valence-electron chi connectivity index (χ1n) is 10.9. The molecular weight excluding hydrogens is 473 g/mol. The van der Waals surface area contributed by atoms with Gasteiger partial charge in [-0.2, -0.15) is 13.2 Å². The van der Waals surface area contributed by atoms with Gasteiger partial charge in [0.2, 0.25) is 6.10 Å². The summed E-state index contributed by atoms with van der Waals surface area (Å²) in [6.07, 6.45) is -4.87. The predicted molar refractivity (Wildman–Crippen MR) is 118 cm³/mol. The highest BCUT2D eigenvalue weighted by molar-refractivity contribution is 5.97. The standard InChI is InChI=1S/C24H29F3O8/c1-23(2)34-17-9-5-7-14-11-15(31-4)12-18(32-13-30-3)20(14)22(29)33-19(24(25,26)27)10-6-8-16(28)21(17)35-23/h5-8,11-12,16-17,19,21,28H,9-10,13H2,1-4H3/b7-5?,8-6-/t16?,17-,19+,21+/m0/s1. The van der Waals surface area contributed by atoms with Crippen molar-refractivity contribution >= 4 is 12.0 Å². The molecule has 4 atom stereocenters. The smallest absolute Gasteiger partial charge is 0.425 e. The number of hydrogen-bond acceptors (Lipinski definition) is 8. The van der Waals surface area contributed by atoms with E-state index in [9.17, 15) is 23.1 Å². The van der Waals surface area contributed by atoms with Crippen molar-refractivity contribution in [3.05, 3.63) is 41.5 Å². The van der Waals surface area contributed by atoms with Crippen LogP contribution in [0.1, 0.15) is 42.6 Å². The maximum Gasteiger partial charge on any atom is 0.425 e. The first-order chi connectivity index (χ1) is 16.4. The SMILES string of the molecule is COCOc1cc(OC)cc2c1C(=O)O[C@@H](C(F)(F)F)C/C=C\C(O)[C@H]1OC(C)(C)O[C@H]1CC=C2. The molecule has 1 aromatic rings. The van der Waals surface area contributed by atoms with Crippen LogP contribution < -0.4 is 9.47 Å². The van der Waals surface area contributed by atoms with E-state index in [4.69, 9.17) is 28.4 Å². The number of rotatable bonds is 4. The molecule has 1 fully saturated rings. The largest absolute Gasteiger partial charge is 0.497 e. The second-order valence-corrected chi connectivity index (χ2v) is 8.51. The Labute approximate surface area is 201 Å². The van der Waals surface area contributed by atoms with Gasteiger partial charge in [0.25, 0.3) is 0 Å². The molecule has 0 aromatic heterocycles. The Morgan fingerprint density at radius 1 is 1.14 bits per heavy atom. The van der Waals surface area contributed by atoms with Gasteiger partial charge in [0.1, 0.15) is 29.3 Å². The van der Waals surface area contributed by atoms with E-state index < -0.39 is 48.8 Å². The molecule has 2 aliphatic heterocycles. The van der Waals surface area contributed by atoms with Gasteiger partial charge >= 0.3 is 12.1 Å². The summed E-state index contributed by atoms with van der Waals surface area (Å²) in [5.74, 6) is -1.99. The minimum Gasteiger partial charge on any atom is -0.497 e. The van der Waals surface area contributed by atoms with Crippen LogP contribution in [0.15, 0.2) is 30.4 Å². The molecule has 2 heterocycles. The molecule has 0 spiro atoms. The molecular formula is C24H29F3O8. The third-order valence-corrected chi connectivity index (χ3v) is 5.40. The van der Waals surface area contributed by atoms with Crippen LogP contribution in [0.2, 0.25) is 0 Å². The molecule has 0 radical (unpaired) electrons. The van der Waals surface area contributed by atoms with E-state index in [0.717, 1.165) is 6.08 Å². The summed E-state index contributed by atoms with van der Waals surface area (Å²) in [5.41, 5.74) is -0.000790. The Hall–Kier alpha value is -2.60. The number of aliphatic hydroxyl groups is 1. The molecule has 0 bridgehead atoms. The summed E-state index contributed by atoms with van der Waals surface area (Å²) >= 11 is 0. The van der Waals surface area contributed by atoms with Gasteiger partial charge < -0.3 is 33.5 Å². The molecule has 1 N–H and O–H groups in total. The molecule has 0 amide bonds. The normalized spacial score (nSPS) is 27.8. The zero-order valence-electron chi connectivity index (χ0n) is 19.8. The molecule has 8 nitrogen and oxygen atoms in total. The van der Waals surface area contributed by atoms with Gasteiger partial charge in [-0.1, -0.05) is 24.3 Å². The van der Waals surface area contributed by atoms with E-state index in [1.54, 1.807) is 19.9 Å². The number of alkyl halides is 3. The lowest BCUT2D eigenvalue weighted by Gasteiger charge is -2.23. The van der Waals surface area contributed by atoms with Crippen molar-refractivity contribution in [3.8, 4) is 11.5 Å². The molecule has 11 heteroatoms. The van der Waals surface area contributed by atoms with E-state index in [0.29, 0.717) is 5.75 Å². The topological polar surface area (TPSA) is 92.7 Å². The van der Waals surface area contributed by atoms with Gasteiger partial charge in [0, 0.05) is 19.6 Å². The number of fused-ring (bicyclic) bond motifs is 2. The van der Waals surface area contributed by atoms with Gasteiger partial charge in [-0.25, -0.2) is 4.79 Å². The van der Waals surface area contributed by atoms with E-state index in [1.165, 1.54) is 38.5 Å². The lowest BCUT2D eigenvalue weighted by atomic mass is 10.0. The Morgan fingerprint density at radius 3 is 2.54 bits per heavy atom. The number of aliphatic hydroxyl groups excluding tert-OH is 1. The first kappa shape index (κ1) is 27.0. The van der Waals surface area contributed by atoms with Crippen LogP contribution in [0, 0.1) is 0 Å². The second-order valence-electron chi connectivity index (χ2n) is 8.51. The monoisotopic (exact) mass is 502 g/mol. The fourth-order valence-corrected chi connectivity index (χ4v) is 3.87. The number of methoxy groups -OCH3 is 2.